The third kappa shape index (κ3) is 3.72. The number of amides is 1. The molecule has 4 aromatic rings. The number of carbonyl (C=O) groups excluding carboxylic acids is 1. The number of pyridine rings is 1. The molecule has 1 aliphatic heterocycles. The maximum Gasteiger partial charge on any atom is 0.272 e. The molecule has 0 saturated carbocycles. The smallest absolute Gasteiger partial charge is 0.272 e. The lowest BCUT2D eigenvalue weighted by molar-refractivity contribution is 0.0957. The molecule has 8 nitrogen and oxygen atoms in total. The topological polar surface area (TPSA) is 85.7 Å². The van der Waals surface area contributed by atoms with E-state index in [0.29, 0.717) is 55.0 Å². The molecular weight excluding hydrogens is 430 g/mol. The first-order valence-corrected chi connectivity index (χ1v) is 10.6. The van der Waals surface area contributed by atoms with E-state index >= 15 is 4.39 Å². The average Bonchev–Trinajstić information content (AvgIpc) is 3.32. The molecule has 4 heterocycles. The van der Waals surface area contributed by atoms with Crippen LogP contribution in [0.2, 0.25) is 0 Å². The minimum atomic E-state index is -0.689. The summed E-state index contributed by atoms with van der Waals surface area (Å²) >= 11 is 0. The van der Waals surface area contributed by atoms with E-state index in [4.69, 9.17) is 0 Å². The number of nitrogens with zero attached hydrogens (tertiary/aromatic N) is 4. The van der Waals surface area contributed by atoms with Gasteiger partial charge in [-0.05, 0) is 30.3 Å². The highest BCUT2D eigenvalue weighted by atomic mass is 19.1. The summed E-state index contributed by atoms with van der Waals surface area (Å²) in [6.07, 6.45) is 1.74. The Morgan fingerprint density at radius 3 is 2.61 bits per heavy atom. The zero-order valence-electron chi connectivity index (χ0n) is 17.9. The van der Waals surface area contributed by atoms with Crippen molar-refractivity contribution in [2.24, 2.45) is 0 Å². The van der Waals surface area contributed by atoms with Crippen LogP contribution in [-0.4, -0.2) is 58.4 Å². The number of halogens is 2. The third-order valence-electron chi connectivity index (χ3n) is 6.08. The van der Waals surface area contributed by atoms with Gasteiger partial charge in [-0.1, -0.05) is 6.07 Å². The number of fused-ring (bicyclic) bond motifs is 3. The maximum atomic E-state index is 15.3. The van der Waals surface area contributed by atoms with Gasteiger partial charge in [0.1, 0.15) is 16.7 Å². The molecule has 1 amide bonds. The van der Waals surface area contributed by atoms with Crippen LogP contribution < -0.4 is 15.8 Å². The van der Waals surface area contributed by atoms with Crippen LogP contribution in [0.25, 0.3) is 16.6 Å². The van der Waals surface area contributed by atoms with Crippen molar-refractivity contribution in [3.63, 3.8) is 0 Å². The number of H-pyrrole nitrogens is 1. The van der Waals surface area contributed by atoms with E-state index in [1.165, 1.54) is 13.1 Å². The van der Waals surface area contributed by atoms with E-state index in [0.717, 1.165) is 0 Å². The van der Waals surface area contributed by atoms with Gasteiger partial charge in [0.05, 0.1) is 11.2 Å². The molecule has 0 unspecified atom stereocenters. The number of aromatic amines is 1. The van der Waals surface area contributed by atoms with Crippen LogP contribution in [0.15, 0.2) is 47.4 Å². The minimum Gasteiger partial charge on any atom is -0.365 e. The predicted molar refractivity (Wildman–Crippen MR) is 121 cm³/mol. The maximum absolute atomic E-state index is 15.3. The Kier molecular flexibility index (Phi) is 5.29. The van der Waals surface area contributed by atoms with Crippen LogP contribution in [0, 0.1) is 11.8 Å². The number of anilines is 1. The third-order valence-corrected chi connectivity index (χ3v) is 6.08. The number of hydrogen-bond acceptors (Lipinski definition) is 5. The van der Waals surface area contributed by atoms with E-state index in [9.17, 15) is 14.0 Å². The van der Waals surface area contributed by atoms with Gasteiger partial charge in [0.25, 0.3) is 11.5 Å². The Bertz CT molecular complexity index is 1420. The molecule has 0 spiro atoms. The van der Waals surface area contributed by atoms with Crippen molar-refractivity contribution in [1.29, 1.82) is 0 Å². The molecule has 10 heteroatoms. The summed E-state index contributed by atoms with van der Waals surface area (Å²) < 4.78 is 31.4. The van der Waals surface area contributed by atoms with E-state index in [1.807, 2.05) is 11.0 Å². The summed E-state index contributed by atoms with van der Waals surface area (Å²) in [5.74, 6) is -1.57. The molecule has 1 aromatic carbocycles. The SMILES string of the molecule is CNC(=O)c1ccc(N2CCN(Cc3ccc4c([nH]c(=O)c5cccn54)c3F)CC2)c(F)n1. The van der Waals surface area contributed by atoms with Crippen LogP contribution in [0.1, 0.15) is 16.1 Å². The lowest BCUT2D eigenvalue weighted by atomic mass is 10.1. The first-order chi connectivity index (χ1) is 16.0. The van der Waals surface area contributed by atoms with Crippen molar-refractivity contribution in [3.8, 4) is 0 Å². The first-order valence-electron chi connectivity index (χ1n) is 10.6. The fourth-order valence-electron chi connectivity index (χ4n) is 4.31. The Hall–Kier alpha value is -3.79. The molecule has 0 aliphatic carbocycles. The molecule has 5 rings (SSSR count). The fraction of sp³-hybridized carbons (Fsp3) is 0.261. The average molecular weight is 452 g/mol. The lowest BCUT2D eigenvalue weighted by Gasteiger charge is -2.36. The van der Waals surface area contributed by atoms with Gasteiger partial charge >= 0.3 is 0 Å². The molecule has 3 aromatic heterocycles. The molecular formula is C23H22F2N6O2. The molecule has 170 valence electrons. The van der Waals surface area contributed by atoms with Gasteiger partial charge in [0.15, 0.2) is 5.82 Å². The molecule has 1 fully saturated rings. The summed E-state index contributed by atoms with van der Waals surface area (Å²) in [5, 5.41) is 2.42. The summed E-state index contributed by atoms with van der Waals surface area (Å²) in [7, 11) is 1.46. The Labute approximate surface area is 187 Å². The molecule has 0 radical (unpaired) electrons. The van der Waals surface area contributed by atoms with Crippen LogP contribution in [-0.2, 0) is 6.54 Å². The molecule has 0 atom stereocenters. The summed E-state index contributed by atoms with van der Waals surface area (Å²) in [4.78, 5) is 34.3. The van der Waals surface area contributed by atoms with E-state index in [2.05, 4.69) is 20.2 Å². The van der Waals surface area contributed by atoms with Crippen molar-refractivity contribution < 1.29 is 13.6 Å². The molecule has 0 bridgehead atoms. The highest BCUT2D eigenvalue weighted by Gasteiger charge is 2.22. The summed E-state index contributed by atoms with van der Waals surface area (Å²) in [6, 6.07) is 10.0. The zero-order valence-corrected chi connectivity index (χ0v) is 17.9. The van der Waals surface area contributed by atoms with Crippen LogP contribution in [0.3, 0.4) is 0 Å². The fourth-order valence-corrected chi connectivity index (χ4v) is 4.31. The first kappa shape index (κ1) is 21.1. The van der Waals surface area contributed by atoms with Crippen molar-refractivity contribution in [2.45, 2.75) is 6.54 Å². The molecule has 1 aliphatic rings. The number of nitrogens with one attached hydrogen (secondary N) is 2. The van der Waals surface area contributed by atoms with Gasteiger partial charge in [-0.15, -0.1) is 0 Å². The monoisotopic (exact) mass is 452 g/mol. The number of piperazine rings is 1. The Morgan fingerprint density at radius 1 is 1.09 bits per heavy atom. The number of aromatic nitrogens is 3. The summed E-state index contributed by atoms with van der Waals surface area (Å²) in [5.41, 5.74) is 1.77. The van der Waals surface area contributed by atoms with Crippen LogP contribution in [0.4, 0.5) is 14.5 Å². The summed E-state index contributed by atoms with van der Waals surface area (Å²) in [6.45, 7) is 2.64. The van der Waals surface area contributed by atoms with Gasteiger partial charge in [-0.3, -0.25) is 14.5 Å². The number of carbonyl (C=O) groups is 1. The Balaban J connectivity index is 1.31. The highest BCUT2D eigenvalue weighted by molar-refractivity contribution is 5.92. The predicted octanol–water partition coefficient (Wildman–Crippen LogP) is 2.14. The number of rotatable bonds is 4. The van der Waals surface area contributed by atoms with Crippen molar-refractivity contribution in [1.82, 2.24) is 24.6 Å². The van der Waals surface area contributed by atoms with Crippen molar-refractivity contribution >= 4 is 28.1 Å². The van der Waals surface area contributed by atoms with Crippen LogP contribution in [0.5, 0.6) is 0 Å². The van der Waals surface area contributed by atoms with Gasteiger partial charge in [0, 0.05) is 51.5 Å². The van der Waals surface area contributed by atoms with Crippen LogP contribution >= 0.6 is 0 Å². The molecule has 1 saturated heterocycles. The largest absolute Gasteiger partial charge is 0.365 e. The van der Waals surface area contributed by atoms with Crippen molar-refractivity contribution in [3.05, 3.63) is 76.0 Å². The second-order valence-corrected chi connectivity index (χ2v) is 8.00. The van der Waals surface area contributed by atoms with Gasteiger partial charge in [-0.25, -0.2) is 9.37 Å². The van der Waals surface area contributed by atoms with Crippen molar-refractivity contribution in [2.75, 3.05) is 38.1 Å². The normalized spacial score (nSPS) is 14.8. The van der Waals surface area contributed by atoms with Gasteiger partial charge in [0.2, 0.25) is 5.95 Å². The van der Waals surface area contributed by atoms with E-state index < -0.39 is 17.7 Å². The number of benzene rings is 1. The van der Waals surface area contributed by atoms with E-state index in [-0.39, 0.29) is 16.8 Å². The Morgan fingerprint density at radius 2 is 1.88 bits per heavy atom. The van der Waals surface area contributed by atoms with E-state index in [1.54, 1.807) is 34.9 Å². The van der Waals surface area contributed by atoms with Gasteiger partial charge < -0.3 is 19.6 Å². The minimum absolute atomic E-state index is 0.0272. The zero-order chi connectivity index (χ0) is 23.1. The highest BCUT2D eigenvalue weighted by Crippen LogP contribution is 2.23. The standard InChI is InChI=1S/C23H22F2N6O2/c1-26-22(32)15-5-7-17(21(25)27-15)30-11-9-29(10-12-30)13-14-4-6-16-20(19(14)24)28-23(33)18-3-2-8-31(16)18/h2-8H,9-13H2,1H3,(H,26,32)(H,28,33). The number of hydrogen-bond donors (Lipinski definition) is 2. The lowest BCUT2D eigenvalue weighted by Crippen LogP contribution is -2.46. The molecule has 2 N–H and O–H groups in total. The second-order valence-electron chi connectivity index (χ2n) is 8.00. The molecule has 33 heavy (non-hydrogen) atoms. The van der Waals surface area contributed by atoms with Gasteiger partial charge in [-0.2, -0.15) is 4.39 Å². The second kappa shape index (κ2) is 8.28. The quantitative estimate of drug-likeness (QED) is 0.464.